The second kappa shape index (κ2) is 5.40. The van der Waals surface area contributed by atoms with Crippen LogP contribution in [0.5, 0.6) is 0 Å². The van der Waals surface area contributed by atoms with Gasteiger partial charge in [-0.25, -0.2) is 8.78 Å². The third kappa shape index (κ3) is 3.13. The first-order chi connectivity index (χ1) is 8.65. The summed E-state index contributed by atoms with van der Waals surface area (Å²) in [5, 5.41) is 3.95. The molecule has 0 aliphatic carbocycles. The molecule has 0 aromatic heterocycles. The van der Waals surface area contributed by atoms with E-state index < -0.39 is 11.6 Å². The fourth-order valence-corrected chi connectivity index (χ4v) is 1.40. The van der Waals surface area contributed by atoms with Gasteiger partial charge in [-0.2, -0.15) is 5.10 Å². The molecule has 2 aromatic carbocycles. The fraction of sp³-hybridized carbons (Fsp3) is 0.0714. The van der Waals surface area contributed by atoms with Gasteiger partial charge in [-0.05, 0) is 36.8 Å². The van der Waals surface area contributed by atoms with Crippen molar-refractivity contribution >= 4 is 11.9 Å². The van der Waals surface area contributed by atoms with Gasteiger partial charge in [-0.1, -0.05) is 23.8 Å². The van der Waals surface area contributed by atoms with Crippen LogP contribution < -0.4 is 5.43 Å². The molecule has 0 aliphatic rings. The largest absolute Gasteiger partial charge is 0.279 e. The summed E-state index contributed by atoms with van der Waals surface area (Å²) in [6.07, 6.45) is 1.43. The first-order valence-corrected chi connectivity index (χ1v) is 5.46. The van der Waals surface area contributed by atoms with Gasteiger partial charge >= 0.3 is 0 Å². The van der Waals surface area contributed by atoms with Crippen molar-refractivity contribution < 1.29 is 8.78 Å². The molecule has 2 rings (SSSR count). The molecule has 0 saturated heterocycles. The summed E-state index contributed by atoms with van der Waals surface area (Å²) in [5.41, 5.74) is 5.29. The monoisotopic (exact) mass is 246 g/mol. The van der Waals surface area contributed by atoms with Crippen molar-refractivity contribution in [2.24, 2.45) is 5.10 Å². The zero-order valence-corrected chi connectivity index (χ0v) is 9.82. The van der Waals surface area contributed by atoms with Gasteiger partial charge in [-0.15, -0.1) is 0 Å². The Bertz CT molecular complexity index is 563. The molecule has 0 heterocycles. The predicted octanol–water partition coefficient (Wildman–Crippen LogP) is 3.72. The van der Waals surface area contributed by atoms with Crippen LogP contribution in [0.25, 0.3) is 0 Å². The van der Waals surface area contributed by atoms with Gasteiger partial charge in [0.2, 0.25) is 0 Å². The molecule has 0 saturated carbocycles. The second-order valence-electron chi connectivity index (χ2n) is 3.91. The molecule has 92 valence electrons. The Kier molecular flexibility index (Phi) is 3.67. The number of aryl methyl sites for hydroxylation is 1. The Hall–Kier alpha value is -2.23. The number of halogens is 2. The first-order valence-electron chi connectivity index (χ1n) is 5.46. The van der Waals surface area contributed by atoms with Crippen LogP contribution in [-0.2, 0) is 0 Å². The molecule has 0 bridgehead atoms. The number of rotatable bonds is 3. The van der Waals surface area contributed by atoms with Gasteiger partial charge in [-0.3, -0.25) is 5.43 Å². The molecular formula is C14H12F2N2. The Balaban J connectivity index is 2.02. The smallest absolute Gasteiger partial charge is 0.159 e. The highest BCUT2D eigenvalue weighted by Gasteiger charge is 2.00. The summed E-state index contributed by atoms with van der Waals surface area (Å²) in [6.45, 7) is 1.99. The van der Waals surface area contributed by atoms with Crippen LogP contribution in [-0.4, -0.2) is 6.21 Å². The Labute approximate surface area is 104 Å². The molecule has 2 aromatic rings. The molecule has 4 heteroatoms. The summed E-state index contributed by atoms with van der Waals surface area (Å²) < 4.78 is 25.6. The fourth-order valence-electron chi connectivity index (χ4n) is 1.40. The van der Waals surface area contributed by atoms with Gasteiger partial charge in [0.1, 0.15) is 0 Å². The summed E-state index contributed by atoms with van der Waals surface area (Å²) in [6, 6.07) is 11.3. The standard InChI is InChI=1S/C14H12F2N2/c1-10-2-5-12(6-3-10)18-17-9-11-4-7-13(15)14(16)8-11/h2-9,18H,1H3/b17-9+. The number of anilines is 1. The highest BCUT2D eigenvalue weighted by atomic mass is 19.2. The van der Waals surface area contributed by atoms with Crippen molar-refractivity contribution in [2.45, 2.75) is 6.92 Å². The van der Waals surface area contributed by atoms with Crippen LogP contribution in [0.15, 0.2) is 47.6 Å². The lowest BCUT2D eigenvalue weighted by molar-refractivity contribution is 0.508. The van der Waals surface area contributed by atoms with Crippen LogP contribution in [0.2, 0.25) is 0 Å². The lowest BCUT2D eigenvalue weighted by Gasteiger charge is -2.00. The average Bonchev–Trinajstić information content (AvgIpc) is 2.36. The number of benzene rings is 2. The maximum atomic E-state index is 12.9. The van der Waals surface area contributed by atoms with Gasteiger partial charge < -0.3 is 0 Å². The number of hydrogen-bond acceptors (Lipinski definition) is 2. The van der Waals surface area contributed by atoms with Crippen LogP contribution in [0.1, 0.15) is 11.1 Å². The number of nitrogens with zero attached hydrogens (tertiary/aromatic N) is 1. The van der Waals surface area contributed by atoms with E-state index in [0.717, 1.165) is 23.4 Å². The van der Waals surface area contributed by atoms with E-state index in [9.17, 15) is 8.78 Å². The Morgan fingerprint density at radius 1 is 1.00 bits per heavy atom. The Morgan fingerprint density at radius 3 is 2.39 bits per heavy atom. The first kappa shape index (κ1) is 12.2. The summed E-state index contributed by atoms with van der Waals surface area (Å²) in [4.78, 5) is 0. The van der Waals surface area contributed by atoms with Crippen molar-refractivity contribution in [3.63, 3.8) is 0 Å². The van der Waals surface area contributed by atoms with Crippen molar-refractivity contribution in [1.82, 2.24) is 0 Å². The highest BCUT2D eigenvalue weighted by Crippen LogP contribution is 2.09. The average molecular weight is 246 g/mol. The minimum atomic E-state index is -0.880. The topological polar surface area (TPSA) is 24.4 Å². The summed E-state index contributed by atoms with van der Waals surface area (Å²) >= 11 is 0. The van der Waals surface area contributed by atoms with Gasteiger partial charge in [0.15, 0.2) is 11.6 Å². The molecule has 18 heavy (non-hydrogen) atoms. The van der Waals surface area contributed by atoms with Gasteiger partial charge in [0.05, 0.1) is 11.9 Å². The Morgan fingerprint density at radius 2 is 1.72 bits per heavy atom. The molecule has 2 nitrogen and oxygen atoms in total. The van der Waals surface area contributed by atoms with Crippen molar-refractivity contribution in [2.75, 3.05) is 5.43 Å². The van der Waals surface area contributed by atoms with Crippen LogP contribution in [0.3, 0.4) is 0 Å². The minimum Gasteiger partial charge on any atom is -0.279 e. The quantitative estimate of drug-likeness (QED) is 0.647. The van der Waals surface area contributed by atoms with E-state index in [-0.39, 0.29) is 0 Å². The molecule has 0 atom stereocenters. The van der Waals surface area contributed by atoms with Gasteiger partial charge in [0.25, 0.3) is 0 Å². The highest BCUT2D eigenvalue weighted by molar-refractivity contribution is 5.80. The molecule has 1 N–H and O–H groups in total. The summed E-state index contributed by atoms with van der Waals surface area (Å²) in [5.74, 6) is -1.74. The van der Waals surface area contributed by atoms with Crippen LogP contribution in [0.4, 0.5) is 14.5 Å². The third-order valence-corrected chi connectivity index (χ3v) is 2.40. The van der Waals surface area contributed by atoms with E-state index >= 15 is 0 Å². The maximum Gasteiger partial charge on any atom is 0.159 e. The van der Waals surface area contributed by atoms with Crippen LogP contribution in [0, 0.1) is 18.6 Å². The molecule has 0 unspecified atom stereocenters. The minimum absolute atomic E-state index is 0.494. The maximum absolute atomic E-state index is 12.9. The van der Waals surface area contributed by atoms with E-state index in [2.05, 4.69) is 10.5 Å². The molecule has 0 fully saturated rings. The third-order valence-electron chi connectivity index (χ3n) is 2.40. The molecule has 0 amide bonds. The van der Waals surface area contributed by atoms with E-state index in [0.29, 0.717) is 5.56 Å². The lowest BCUT2D eigenvalue weighted by Crippen LogP contribution is -1.92. The van der Waals surface area contributed by atoms with E-state index in [1.54, 1.807) is 0 Å². The number of hydrogen-bond donors (Lipinski definition) is 1. The summed E-state index contributed by atoms with van der Waals surface area (Å²) in [7, 11) is 0. The molecule has 0 radical (unpaired) electrons. The molecule has 0 aliphatic heterocycles. The van der Waals surface area contributed by atoms with E-state index in [1.165, 1.54) is 12.3 Å². The predicted molar refractivity (Wildman–Crippen MR) is 68.8 cm³/mol. The molecule has 0 spiro atoms. The van der Waals surface area contributed by atoms with E-state index in [1.807, 2.05) is 31.2 Å². The van der Waals surface area contributed by atoms with Crippen molar-refractivity contribution in [3.8, 4) is 0 Å². The molecular weight excluding hydrogens is 234 g/mol. The zero-order valence-electron chi connectivity index (χ0n) is 9.82. The van der Waals surface area contributed by atoms with E-state index in [4.69, 9.17) is 0 Å². The lowest BCUT2D eigenvalue weighted by atomic mass is 10.2. The number of nitrogens with one attached hydrogen (secondary N) is 1. The SMILES string of the molecule is Cc1ccc(N/N=C/c2ccc(F)c(F)c2)cc1. The normalized spacial score (nSPS) is 10.8. The van der Waals surface area contributed by atoms with Crippen LogP contribution >= 0.6 is 0 Å². The number of hydrazone groups is 1. The zero-order chi connectivity index (χ0) is 13.0. The van der Waals surface area contributed by atoms with Crippen molar-refractivity contribution in [1.29, 1.82) is 0 Å². The second-order valence-corrected chi connectivity index (χ2v) is 3.91. The van der Waals surface area contributed by atoms with Gasteiger partial charge in [0, 0.05) is 0 Å². The van der Waals surface area contributed by atoms with Crippen molar-refractivity contribution in [3.05, 3.63) is 65.2 Å².